The summed E-state index contributed by atoms with van der Waals surface area (Å²) in [4.78, 5) is 4.43. The van der Waals surface area contributed by atoms with Gasteiger partial charge in [-0.05, 0) is 49.2 Å². The van der Waals surface area contributed by atoms with Crippen molar-refractivity contribution in [3.8, 4) is 5.75 Å². The van der Waals surface area contributed by atoms with Crippen LogP contribution in [0.25, 0.3) is 0 Å². The average Bonchev–Trinajstić information content (AvgIpc) is 3.08. The molecule has 0 unspecified atom stereocenters. The van der Waals surface area contributed by atoms with Gasteiger partial charge < -0.3 is 10.1 Å². The van der Waals surface area contributed by atoms with E-state index in [1.54, 1.807) is 7.11 Å². The van der Waals surface area contributed by atoms with Crippen LogP contribution in [0.3, 0.4) is 0 Å². The molecule has 0 amide bonds. The van der Waals surface area contributed by atoms with Gasteiger partial charge in [-0.1, -0.05) is 12.1 Å². The zero-order valence-electron chi connectivity index (χ0n) is 13.8. The third-order valence-corrected chi connectivity index (χ3v) is 3.95. The number of hydrogen-bond donors (Lipinski definition) is 2. The topological polar surface area (TPSA) is 48.9 Å². The third kappa shape index (κ3) is 3.39. The molecule has 1 aliphatic rings. The first-order valence-corrected chi connectivity index (χ1v) is 7.74. The standard InChI is InChI=1S/C18H22N4O/c1-13-7-8-16(11-14(13)2)22(21-18-19-9-10-20-18)15-5-4-6-17(12-15)23-3/h4-8,11-12H,9-10H2,1-3H3,(H2,19,20,21). The van der Waals surface area contributed by atoms with Gasteiger partial charge in [-0.25, -0.2) is 0 Å². The van der Waals surface area contributed by atoms with Crippen LogP contribution in [-0.4, -0.2) is 26.2 Å². The van der Waals surface area contributed by atoms with Crippen molar-refractivity contribution in [2.75, 3.05) is 25.2 Å². The summed E-state index contributed by atoms with van der Waals surface area (Å²) in [5, 5.41) is 5.27. The van der Waals surface area contributed by atoms with E-state index < -0.39 is 0 Å². The van der Waals surface area contributed by atoms with Gasteiger partial charge >= 0.3 is 0 Å². The Kier molecular flexibility index (Phi) is 4.37. The zero-order chi connectivity index (χ0) is 16.2. The van der Waals surface area contributed by atoms with E-state index in [0.717, 1.165) is 36.2 Å². The Hall–Kier alpha value is -2.69. The van der Waals surface area contributed by atoms with Crippen LogP contribution < -0.4 is 20.5 Å². The molecule has 23 heavy (non-hydrogen) atoms. The van der Waals surface area contributed by atoms with E-state index in [0.29, 0.717) is 0 Å². The molecule has 0 fully saturated rings. The molecule has 0 saturated heterocycles. The summed E-state index contributed by atoms with van der Waals surface area (Å²) >= 11 is 0. The van der Waals surface area contributed by atoms with Crippen molar-refractivity contribution in [3.05, 3.63) is 53.6 Å². The average molecular weight is 310 g/mol. The molecule has 0 aliphatic carbocycles. The summed E-state index contributed by atoms with van der Waals surface area (Å²) in [5.74, 6) is 1.60. The first-order chi connectivity index (χ1) is 11.2. The van der Waals surface area contributed by atoms with E-state index in [1.165, 1.54) is 11.1 Å². The SMILES string of the molecule is COc1cccc(N(NC2=NCCN2)c2ccc(C)c(C)c2)c1. The molecule has 0 bridgehead atoms. The minimum Gasteiger partial charge on any atom is -0.497 e. The van der Waals surface area contributed by atoms with Gasteiger partial charge in [0.2, 0.25) is 5.96 Å². The highest BCUT2D eigenvalue weighted by molar-refractivity contribution is 5.85. The van der Waals surface area contributed by atoms with Crippen molar-refractivity contribution in [3.63, 3.8) is 0 Å². The maximum atomic E-state index is 5.35. The molecular weight excluding hydrogens is 288 g/mol. The van der Waals surface area contributed by atoms with E-state index >= 15 is 0 Å². The molecule has 0 aromatic heterocycles. The zero-order valence-corrected chi connectivity index (χ0v) is 13.8. The first-order valence-electron chi connectivity index (χ1n) is 7.74. The lowest BCUT2D eigenvalue weighted by Crippen LogP contribution is -2.44. The summed E-state index contributed by atoms with van der Waals surface area (Å²) in [7, 11) is 1.68. The van der Waals surface area contributed by atoms with Crippen LogP contribution in [0, 0.1) is 13.8 Å². The van der Waals surface area contributed by atoms with Gasteiger partial charge in [-0.3, -0.25) is 15.4 Å². The summed E-state index contributed by atoms with van der Waals surface area (Å²) in [5.41, 5.74) is 7.93. The Labute approximate surface area is 137 Å². The van der Waals surface area contributed by atoms with Crippen LogP contribution in [0.2, 0.25) is 0 Å². The monoisotopic (exact) mass is 310 g/mol. The Bertz CT molecular complexity index is 727. The molecule has 1 heterocycles. The number of benzene rings is 2. The molecule has 3 rings (SSSR count). The van der Waals surface area contributed by atoms with Crippen molar-refractivity contribution < 1.29 is 4.74 Å². The second-order valence-corrected chi connectivity index (χ2v) is 5.57. The minimum atomic E-state index is 0.783. The van der Waals surface area contributed by atoms with Crippen LogP contribution in [0.4, 0.5) is 11.4 Å². The molecule has 2 N–H and O–H groups in total. The highest BCUT2D eigenvalue weighted by atomic mass is 16.5. The van der Waals surface area contributed by atoms with Gasteiger partial charge in [0.05, 0.1) is 25.0 Å². The fourth-order valence-corrected chi connectivity index (χ4v) is 2.47. The van der Waals surface area contributed by atoms with E-state index in [-0.39, 0.29) is 0 Å². The highest BCUT2D eigenvalue weighted by Crippen LogP contribution is 2.28. The quantitative estimate of drug-likeness (QED) is 0.853. The smallest absolute Gasteiger partial charge is 0.210 e. The lowest BCUT2D eigenvalue weighted by Gasteiger charge is -2.27. The van der Waals surface area contributed by atoms with Gasteiger partial charge in [0.25, 0.3) is 0 Å². The number of aryl methyl sites for hydroxylation is 2. The number of methoxy groups -OCH3 is 1. The summed E-state index contributed by atoms with van der Waals surface area (Å²) in [6.07, 6.45) is 0. The molecular formula is C18H22N4O. The second-order valence-electron chi connectivity index (χ2n) is 5.57. The predicted molar refractivity (Wildman–Crippen MR) is 94.5 cm³/mol. The predicted octanol–water partition coefficient (Wildman–Crippen LogP) is 2.91. The number of anilines is 2. The van der Waals surface area contributed by atoms with E-state index in [2.05, 4.69) is 47.8 Å². The van der Waals surface area contributed by atoms with Crippen molar-refractivity contribution in [2.45, 2.75) is 13.8 Å². The Morgan fingerprint density at radius 3 is 2.61 bits per heavy atom. The van der Waals surface area contributed by atoms with Crippen molar-refractivity contribution in [1.29, 1.82) is 0 Å². The molecule has 0 saturated carbocycles. The van der Waals surface area contributed by atoms with Gasteiger partial charge in [0, 0.05) is 12.6 Å². The van der Waals surface area contributed by atoms with Crippen molar-refractivity contribution in [1.82, 2.24) is 10.7 Å². The number of aliphatic imine (C=N–C) groups is 1. The number of nitrogens with one attached hydrogen (secondary N) is 2. The molecule has 2 aromatic rings. The number of rotatable bonds is 4. The maximum absolute atomic E-state index is 5.35. The van der Waals surface area contributed by atoms with Crippen molar-refractivity contribution >= 4 is 17.3 Å². The summed E-state index contributed by atoms with van der Waals surface area (Å²) in [6.45, 7) is 5.89. The molecule has 0 radical (unpaired) electrons. The lowest BCUT2D eigenvalue weighted by molar-refractivity contribution is 0.415. The van der Waals surface area contributed by atoms with Gasteiger partial charge in [-0.2, -0.15) is 0 Å². The molecule has 0 spiro atoms. The van der Waals surface area contributed by atoms with Crippen LogP contribution in [0.5, 0.6) is 5.75 Å². The molecule has 5 nitrogen and oxygen atoms in total. The van der Waals surface area contributed by atoms with Crippen molar-refractivity contribution in [2.24, 2.45) is 4.99 Å². The fraction of sp³-hybridized carbons (Fsp3) is 0.278. The number of hydrazine groups is 1. The molecule has 120 valence electrons. The minimum absolute atomic E-state index is 0.783. The molecule has 1 aliphatic heterocycles. The number of guanidine groups is 1. The molecule has 2 aromatic carbocycles. The Morgan fingerprint density at radius 1 is 1.09 bits per heavy atom. The van der Waals surface area contributed by atoms with E-state index in [1.807, 2.05) is 29.3 Å². The first kappa shape index (κ1) is 15.2. The second kappa shape index (κ2) is 6.60. The number of ether oxygens (including phenoxy) is 1. The van der Waals surface area contributed by atoms with E-state index in [4.69, 9.17) is 4.74 Å². The Balaban J connectivity index is 1.99. The summed E-state index contributed by atoms with van der Waals surface area (Å²) in [6, 6.07) is 14.4. The fourth-order valence-electron chi connectivity index (χ4n) is 2.47. The largest absolute Gasteiger partial charge is 0.497 e. The Morgan fingerprint density at radius 2 is 1.91 bits per heavy atom. The van der Waals surface area contributed by atoms with Crippen LogP contribution in [-0.2, 0) is 0 Å². The van der Waals surface area contributed by atoms with Crippen LogP contribution in [0.1, 0.15) is 11.1 Å². The number of hydrogen-bond acceptors (Lipinski definition) is 5. The number of nitrogens with zero attached hydrogens (tertiary/aromatic N) is 2. The lowest BCUT2D eigenvalue weighted by atomic mass is 10.1. The third-order valence-electron chi connectivity index (χ3n) is 3.95. The summed E-state index contributed by atoms with van der Waals surface area (Å²) < 4.78 is 5.35. The normalized spacial score (nSPS) is 13.3. The van der Waals surface area contributed by atoms with Crippen LogP contribution in [0.15, 0.2) is 47.5 Å². The molecule has 5 heteroatoms. The van der Waals surface area contributed by atoms with E-state index in [9.17, 15) is 0 Å². The van der Waals surface area contributed by atoms with Crippen LogP contribution >= 0.6 is 0 Å². The highest BCUT2D eigenvalue weighted by Gasteiger charge is 2.15. The maximum Gasteiger partial charge on any atom is 0.210 e. The molecule has 0 atom stereocenters. The van der Waals surface area contributed by atoms with Gasteiger partial charge in [-0.15, -0.1) is 0 Å². The van der Waals surface area contributed by atoms with Gasteiger partial charge in [0.1, 0.15) is 5.75 Å². The van der Waals surface area contributed by atoms with Gasteiger partial charge in [0.15, 0.2) is 0 Å².